The van der Waals surface area contributed by atoms with E-state index in [0.717, 1.165) is 0 Å². The molecule has 0 saturated heterocycles. The zero-order valence-corrected chi connectivity index (χ0v) is 15.7. The Kier molecular flexibility index (Phi) is 36.5. The average Bonchev–Trinajstić information content (AvgIpc) is 3.41. The molecule has 0 atom stereocenters. The number of aromatic nitrogens is 1. The summed E-state index contributed by atoms with van der Waals surface area (Å²) in [5.41, 5.74) is 1.79. The molecular formula is C17H29NOS2. The lowest BCUT2D eigenvalue weighted by molar-refractivity contribution is 0.567. The van der Waals surface area contributed by atoms with E-state index in [9.17, 15) is 0 Å². The molecule has 0 saturated carbocycles. The maximum atomic E-state index is 4.58. The molecule has 21 heavy (non-hydrogen) atoms. The monoisotopic (exact) mass is 327 g/mol. The highest BCUT2D eigenvalue weighted by molar-refractivity contribution is 7.07. The van der Waals surface area contributed by atoms with E-state index in [1.54, 1.807) is 46.9 Å². The summed E-state index contributed by atoms with van der Waals surface area (Å²) in [5, 5.41) is 6.01. The van der Waals surface area contributed by atoms with E-state index in [4.69, 9.17) is 0 Å². The minimum absolute atomic E-state index is 1.60. The Labute approximate surface area is 138 Å². The van der Waals surface area contributed by atoms with E-state index in [1.165, 1.54) is 0 Å². The zero-order valence-electron chi connectivity index (χ0n) is 14.0. The van der Waals surface area contributed by atoms with E-state index < -0.39 is 0 Å². The van der Waals surface area contributed by atoms with Crippen LogP contribution < -0.4 is 0 Å². The quantitative estimate of drug-likeness (QED) is 0.434. The molecule has 0 fully saturated rings. The van der Waals surface area contributed by atoms with Crippen molar-refractivity contribution in [2.45, 2.75) is 41.5 Å². The van der Waals surface area contributed by atoms with Crippen LogP contribution in [0.2, 0.25) is 0 Å². The van der Waals surface area contributed by atoms with Gasteiger partial charge in [-0.1, -0.05) is 53.7 Å². The molecule has 2 nitrogen and oxygen atoms in total. The molecule has 0 amide bonds. The summed E-state index contributed by atoms with van der Waals surface area (Å²) in [6.07, 6.45) is 5.02. The molecular weight excluding hydrogens is 298 g/mol. The molecule has 0 aromatic carbocycles. The number of hydrogen-bond acceptors (Lipinski definition) is 4. The lowest BCUT2D eigenvalue weighted by atomic mass is 10.7. The van der Waals surface area contributed by atoms with Crippen LogP contribution in [0, 0.1) is 0 Å². The van der Waals surface area contributed by atoms with Crippen LogP contribution in [0.5, 0.6) is 0 Å². The summed E-state index contributed by atoms with van der Waals surface area (Å²) in [7, 11) is 0. The molecule has 4 heteroatoms. The van der Waals surface area contributed by atoms with Crippen LogP contribution in [0.4, 0.5) is 0 Å². The number of hydrogen-bond donors (Lipinski definition) is 0. The van der Waals surface area contributed by atoms with Gasteiger partial charge in [0.25, 0.3) is 0 Å². The Morgan fingerprint density at radius 2 is 1.19 bits per heavy atom. The Morgan fingerprint density at radius 1 is 0.667 bits per heavy atom. The van der Waals surface area contributed by atoms with Crippen LogP contribution in [0.3, 0.4) is 0 Å². The third-order valence-electron chi connectivity index (χ3n) is 1.20. The largest absolute Gasteiger partial charge is 0.473 e. The molecule has 3 aromatic heterocycles. The second-order valence-electron chi connectivity index (χ2n) is 2.26. The molecule has 0 aliphatic carbocycles. The summed E-state index contributed by atoms with van der Waals surface area (Å²) in [6, 6.07) is 7.70. The Hall–Kier alpha value is -1.39. The smallest absolute Gasteiger partial charge is 0.0902 e. The lowest BCUT2D eigenvalue weighted by Gasteiger charge is -1.50. The van der Waals surface area contributed by atoms with Gasteiger partial charge in [-0.2, -0.15) is 11.3 Å². The molecule has 3 rings (SSSR count). The number of nitrogens with zero attached hydrogens (tertiary/aromatic N) is 1. The summed E-state index contributed by atoms with van der Waals surface area (Å²) in [4.78, 5) is 3.74. The zero-order chi connectivity index (χ0) is 16.6. The maximum Gasteiger partial charge on any atom is 0.0902 e. The molecule has 3 aromatic rings. The fourth-order valence-corrected chi connectivity index (χ4v) is 1.43. The van der Waals surface area contributed by atoms with Gasteiger partial charge in [0.2, 0.25) is 0 Å². The first-order valence-corrected chi connectivity index (χ1v) is 9.15. The predicted molar refractivity (Wildman–Crippen MR) is 99.2 cm³/mol. The Morgan fingerprint density at radius 3 is 1.33 bits per heavy atom. The van der Waals surface area contributed by atoms with Crippen LogP contribution >= 0.6 is 22.7 Å². The first kappa shape index (κ1) is 24.6. The molecule has 0 radical (unpaired) electrons. The van der Waals surface area contributed by atoms with Crippen molar-refractivity contribution in [2.75, 3.05) is 0 Å². The second kappa shape index (κ2) is 31.2. The first-order chi connectivity index (χ1) is 10.5. The van der Waals surface area contributed by atoms with Gasteiger partial charge < -0.3 is 4.42 Å². The summed E-state index contributed by atoms with van der Waals surface area (Å²) in [6.45, 7) is 12.0. The second-order valence-corrected chi connectivity index (χ2v) is 3.83. The third-order valence-corrected chi connectivity index (χ3v) is 2.35. The Bertz CT molecular complexity index is 253. The molecule has 0 spiro atoms. The van der Waals surface area contributed by atoms with Gasteiger partial charge >= 0.3 is 0 Å². The molecule has 3 heterocycles. The summed E-state index contributed by atoms with van der Waals surface area (Å²) < 4.78 is 4.58. The SMILES string of the molecule is CC.CC.CC.c1ccoc1.c1ccsc1.c1cscn1. The summed E-state index contributed by atoms with van der Waals surface area (Å²) >= 11 is 3.31. The van der Waals surface area contributed by atoms with Gasteiger partial charge in [-0.05, 0) is 22.9 Å². The minimum Gasteiger partial charge on any atom is -0.473 e. The van der Waals surface area contributed by atoms with E-state index in [2.05, 4.69) is 9.40 Å². The molecule has 0 N–H and O–H groups in total. The van der Waals surface area contributed by atoms with Crippen LogP contribution in [0.15, 0.2) is 69.1 Å². The van der Waals surface area contributed by atoms with Crippen molar-refractivity contribution in [2.24, 2.45) is 0 Å². The van der Waals surface area contributed by atoms with Crippen molar-refractivity contribution in [3.8, 4) is 0 Å². The van der Waals surface area contributed by atoms with Gasteiger partial charge in [0, 0.05) is 11.6 Å². The average molecular weight is 328 g/mol. The molecule has 120 valence electrons. The number of thiazole rings is 1. The first-order valence-electron chi connectivity index (χ1n) is 7.26. The van der Waals surface area contributed by atoms with Crippen molar-refractivity contribution in [1.29, 1.82) is 0 Å². The van der Waals surface area contributed by atoms with Crippen LogP contribution in [0.25, 0.3) is 0 Å². The van der Waals surface area contributed by atoms with Gasteiger partial charge in [-0.3, -0.25) is 4.98 Å². The van der Waals surface area contributed by atoms with Crippen molar-refractivity contribution >= 4 is 22.7 Å². The standard InChI is InChI=1S/C4H4O.C4H4S.C3H3NS.3C2H6/c2*1-2-4-5-3-1;1-2-5-3-4-1;3*1-2/h2*1-4H;1-3H;3*1-2H3. The molecule has 0 bridgehead atoms. The Balaban J connectivity index is -0.000000197. The van der Waals surface area contributed by atoms with Crippen LogP contribution in [-0.2, 0) is 0 Å². The number of furan rings is 1. The molecule has 0 unspecified atom stereocenters. The summed E-state index contributed by atoms with van der Waals surface area (Å²) in [5.74, 6) is 0. The van der Waals surface area contributed by atoms with Gasteiger partial charge in [-0.15, -0.1) is 11.3 Å². The molecule has 0 aliphatic rings. The van der Waals surface area contributed by atoms with E-state index in [0.29, 0.717) is 0 Å². The number of rotatable bonds is 0. The fraction of sp³-hybridized carbons (Fsp3) is 0.353. The minimum atomic E-state index is 1.60. The maximum absolute atomic E-state index is 4.58. The van der Waals surface area contributed by atoms with Gasteiger partial charge in [-0.25, -0.2) is 0 Å². The normalized spacial score (nSPS) is 6.57. The lowest BCUT2D eigenvalue weighted by Crippen LogP contribution is -1.38. The highest BCUT2D eigenvalue weighted by Crippen LogP contribution is 1.91. The van der Waals surface area contributed by atoms with E-state index in [-0.39, 0.29) is 0 Å². The van der Waals surface area contributed by atoms with Crippen molar-refractivity contribution in [1.82, 2.24) is 4.98 Å². The topological polar surface area (TPSA) is 26.0 Å². The highest BCUT2D eigenvalue weighted by Gasteiger charge is 1.60. The fourth-order valence-electron chi connectivity index (χ4n) is 0.629. The molecule has 0 aliphatic heterocycles. The van der Waals surface area contributed by atoms with Crippen molar-refractivity contribution < 1.29 is 4.42 Å². The highest BCUT2D eigenvalue weighted by atomic mass is 32.1. The third kappa shape index (κ3) is 27.7. The van der Waals surface area contributed by atoms with E-state index >= 15 is 0 Å². The van der Waals surface area contributed by atoms with Crippen LogP contribution in [0.1, 0.15) is 41.5 Å². The number of thiophene rings is 1. The van der Waals surface area contributed by atoms with Gasteiger partial charge in [0.1, 0.15) is 0 Å². The van der Waals surface area contributed by atoms with Crippen molar-refractivity contribution in [3.05, 3.63) is 64.6 Å². The van der Waals surface area contributed by atoms with Gasteiger partial charge in [0.05, 0.1) is 18.0 Å². The van der Waals surface area contributed by atoms with Crippen molar-refractivity contribution in [3.63, 3.8) is 0 Å². The predicted octanol–water partition coefficient (Wildman–Crippen LogP) is 7.25. The van der Waals surface area contributed by atoms with Gasteiger partial charge in [0.15, 0.2) is 0 Å². The van der Waals surface area contributed by atoms with Crippen LogP contribution in [-0.4, -0.2) is 4.98 Å². The van der Waals surface area contributed by atoms with E-state index in [1.807, 2.05) is 81.9 Å².